The lowest BCUT2D eigenvalue weighted by molar-refractivity contribution is -0.116. The van der Waals surface area contributed by atoms with Gasteiger partial charge in [0.25, 0.3) is 0 Å². The Kier molecular flexibility index (Phi) is 7.69. The maximum Gasteiger partial charge on any atom is 0.236 e. The minimum atomic E-state index is -0.736. The molecule has 1 aliphatic heterocycles. The maximum absolute atomic E-state index is 13.3. The first kappa shape index (κ1) is 26.6. The Bertz CT molecular complexity index is 1560. The molecule has 3 N–H and O–H groups in total. The topological polar surface area (TPSA) is 151 Å². The predicted molar refractivity (Wildman–Crippen MR) is 148 cm³/mol. The Morgan fingerprint density at radius 1 is 1.26 bits per heavy atom. The van der Waals surface area contributed by atoms with Gasteiger partial charge in [0.1, 0.15) is 10.8 Å². The molecule has 0 saturated heterocycles. The van der Waals surface area contributed by atoms with Crippen molar-refractivity contribution in [3.63, 3.8) is 0 Å². The predicted octanol–water partition coefficient (Wildman–Crippen LogP) is 5.04. The van der Waals surface area contributed by atoms with Gasteiger partial charge in [-0.15, -0.1) is 20.4 Å². The quantitative estimate of drug-likeness (QED) is 0.366. The molecule has 1 atom stereocenters. The summed E-state index contributed by atoms with van der Waals surface area (Å²) in [5.41, 5.74) is 8.42. The second-order valence-corrected chi connectivity index (χ2v) is 12.4. The van der Waals surface area contributed by atoms with Gasteiger partial charge in [-0.05, 0) is 31.4 Å². The van der Waals surface area contributed by atoms with Crippen LogP contribution in [-0.2, 0) is 9.59 Å². The molecular formula is C23H18Cl2N8O2S3. The van der Waals surface area contributed by atoms with Gasteiger partial charge in [-0.3, -0.25) is 19.8 Å². The van der Waals surface area contributed by atoms with E-state index in [1.165, 1.54) is 34.4 Å². The van der Waals surface area contributed by atoms with Gasteiger partial charge < -0.3 is 5.73 Å². The van der Waals surface area contributed by atoms with Crippen LogP contribution in [0, 0.1) is 18.3 Å². The lowest BCUT2D eigenvalue weighted by atomic mass is 9.76. The van der Waals surface area contributed by atoms with E-state index in [4.69, 9.17) is 28.9 Å². The Hall–Kier alpha value is -3.02. The number of nitriles is 1. The molecule has 3 heterocycles. The summed E-state index contributed by atoms with van der Waals surface area (Å²) in [6, 6.07) is 7.31. The Morgan fingerprint density at radius 3 is 2.82 bits per heavy atom. The zero-order valence-electron chi connectivity index (χ0n) is 19.7. The van der Waals surface area contributed by atoms with Crippen molar-refractivity contribution in [1.29, 1.82) is 5.26 Å². The SMILES string of the molecule is Cc1nnc(NC(=O)CSc2nnc(N3C(N)=C(C#N)C(c4cccc(Cl)c4Cl)C4=C3CCCC4=O)s2)s1. The van der Waals surface area contributed by atoms with Crippen LogP contribution in [0.3, 0.4) is 0 Å². The summed E-state index contributed by atoms with van der Waals surface area (Å²) in [6.07, 6.45) is 1.53. The highest BCUT2D eigenvalue weighted by Crippen LogP contribution is 2.49. The molecule has 1 aromatic carbocycles. The Balaban J connectivity index is 1.46. The molecule has 0 fully saturated rings. The Morgan fingerprint density at radius 2 is 2.08 bits per heavy atom. The summed E-state index contributed by atoms with van der Waals surface area (Å²) < 4.78 is 0.527. The molecule has 3 aromatic rings. The van der Waals surface area contributed by atoms with E-state index in [0.717, 1.165) is 5.01 Å². The van der Waals surface area contributed by atoms with Gasteiger partial charge in [0.05, 0.1) is 33.4 Å². The fourth-order valence-corrected chi connectivity index (χ4v) is 7.05. The fraction of sp³-hybridized carbons (Fsp3) is 0.261. The summed E-state index contributed by atoms with van der Waals surface area (Å²) in [6.45, 7) is 1.80. The number of nitrogens with one attached hydrogen (secondary N) is 1. The molecule has 5 rings (SSSR count). The molecule has 0 saturated carbocycles. The number of Topliss-reactive ketones (excluding diaryl/α,β-unsaturated/α-hetero) is 1. The molecule has 1 unspecified atom stereocenters. The van der Waals surface area contributed by atoms with E-state index < -0.39 is 5.92 Å². The van der Waals surface area contributed by atoms with Gasteiger partial charge in [-0.2, -0.15) is 5.26 Å². The summed E-state index contributed by atoms with van der Waals surface area (Å²) in [5, 5.41) is 31.3. The van der Waals surface area contributed by atoms with Crippen molar-refractivity contribution in [2.24, 2.45) is 5.73 Å². The van der Waals surface area contributed by atoms with Gasteiger partial charge >= 0.3 is 0 Å². The number of aryl methyl sites for hydroxylation is 1. The van der Waals surface area contributed by atoms with E-state index in [1.807, 2.05) is 0 Å². The maximum atomic E-state index is 13.3. The van der Waals surface area contributed by atoms with E-state index in [1.54, 1.807) is 30.0 Å². The number of rotatable bonds is 6. The lowest BCUT2D eigenvalue weighted by Crippen LogP contribution is -2.38. The molecule has 2 aliphatic rings. The highest BCUT2D eigenvalue weighted by molar-refractivity contribution is 8.01. The first-order chi connectivity index (χ1) is 18.3. The van der Waals surface area contributed by atoms with Gasteiger partial charge in [0.15, 0.2) is 10.1 Å². The number of hydrogen-bond donors (Lipinski definition) is 2. The molecule has 2 aromatic heterocycles. The van der Waals surface area contributed by atoms with E-state index in [9.17, 15) is 14.9 Å². The number of anilines is 2. The van der Waals surface area contributed by atoms with Crippen molar-refractivity contribution in [2.45, 2.75) is 36.4 Å². The van der Waals surface area contributed by atoms with Crippen LogP contribution < -0.4 is 16.0 Å². The molecule has 15 heteroatoms. The van der Waals surface area contributed by atoms with Crippen LogP contribution in [0.1, 0.15) is 35.8 Å². The minimum Gasteiger partial charge on any atom is -0.384 e. The number of amides is 1. The van der Waals surface area contributed by atoms with Crippen molar-refractivity contribution < 1.29 is 9.59 Å². The summed E-state index contributed by atoms with van der Waals surface area (Å²) >= 11 is 16.5. The second-order valence-electron chi connectivity index (χ2n) is 8.27. The highest BCUT2D eigenvalue weighted by atomic mass is 35.5. The van der Waals surface area contributed by atoms with Crippen LogP contribution in [0.15, 0.2) is 45.2 Å². The monoisotopic (exact) mass is 604 g/mol. The minimum absolute atomic E-state index is 0.0831. The normalized spacial score (nSPS) is 17.5. The molecule has 38 heavy (non-hydrogen) atoms. The molecule has 194 valence electrons. The van der Waals surface area contributed by atoms with E-state index in [0.29, 0.717) is 55.7 Å². The summed E-state index contributed by atoms with van der Waals surface area (Å²) in [5.74, 6) is -0.834. The third-order valence-corrected chi connectivity index (χ3v) is 9.52. The zero-order chi connectivity index (χ0) is 27.0. The van der Waals surface area contributed by atoms with E-state index in [2.05, 4.69) is 31.8 Å². The number of carbonyl (C=O) groups excluding carboxylic acids is 2. The van der Waals surface area contributed by atoms with Crippen LogP contribution in [-0.4, -0.2) is 37.8 Å². The lowest BCUT2D eigenvalue weighted by Gasteiger charge is -2.38. The summed E-state index contributed by atoms with van der Waals surface area (Å²) in [4.78, 5) is 27.2. The molecule has 0 bridgehead atoms. The number of halogens is 2. The van der Waals surface area contributed by atoms with Crippen LogP contribution in [0.4, 0.5) is 10.3 Å². The second kappa shape index (κ2) is 11.0. The van der Waals surface area contributed by atoms with Gasteiger partial charge in [-0.1, -0.05) is 69.8 Å². The number of aromatic nitrogens is 4. The highest BCUT2D eigenvalue weighted by Gasteiger charge is 2.42. The van der Waals surface area contributed by atoms with Crippen LogP contribution in [0.25, 0.3) is 0 Å². The third kappa shape index (κ3) is 5.02. The van der Waals surface area contributed by atoms with Crippen molar-refractivity contribution in [1.82, 2.24) is 20.4 Å². The molecule has 1 amide bonds. The molecule has 1 aliphatic carbocycles. The average molecular weight is 606 g/mol. The number of hydrogen-bond acceptors (Lipinski definition) is 12. The van der Waals surface area contributed by atoms with Crippen LogP contribution in [0.2, 0.25) is 10.0 Å². The number of thioether (sulfide) groups is 1. The average Bonchev–Trinajstić information content (AvgIpc) is 3.52. The number of carbonyl (C=O) groups is 2. The first-order valence-corrected chi connectivity index (χ1v) is 14.6. The summed E-state index contributed by atoms with van der Waals surface area (Å²) in [7, 11) is 0. The fourth-order valence-electron chi connectivity index (χ4n) is 4.34. The van der Waals surface area contributed by atoms with Gasteiger partial charge in [0.2, 0.25) is 16.2 Å². The van der Waals surface area contributed by atoms with Crippen molar-refractivity contribution in [2.75, 3.05) is 16.0 Å². The van der Waals surface area contributed by atoms with Crippen LogP contribution >= 0.6 is 57.6 Å². The number of nitrogens with zero attached hydrogens (tertiary/aromatic N) is 6. The number of benzene rings is 1. The molecular weight excluding hydrogens is 587 g/mol. The van der Waals surface area contributed by atoms with Gasteiger partial charge in [0, 0.05) is 17.7 Å². The number of nitrogens with two attached hydrogens (primary N) is 1. The first-order valence-electron chi connectivity index (χ1n) is 11.2. The van der Waals surface area contributed by atoms with E-state index in [-0.39, 0.29) is 33.9 Å². The Labute approximate surface area is 239 Å². The smallest absolute Gasteiger partial charge is 0.236 e. The third-order valence-electron chi connectivity index (χ3n) is 5.89. The van der Waals surface area contributed by atoms with Crippen molar-refractivity contribution >= 4 is 79.6 Å². The van der Waals surface area contributed by atoms with Gasteiger partial charge in [-0.25, -0.2) is 0 Å². The zero-order valence-corrected chi connectivity index (χ0v) is 23.7. The molecule has 10 nitrogen and oxygen atoms in total. The van der Waals surface area contributed by atoms with Crippen LogP contribution in [0.5, 0.6) is 0 Å². The number of allylic oxidation sites excluding steroid dienone is 3. The van der Waals surface area contributed by atoms with E-state index >= 15 is 0 Å². The number of ketones is 1. The largest absolute Gasteiger partial charge is 0.384 e. The van der Waals surface area contributed by atoms with Crippen molar-refractivity contribution in [3.05, 3.63) is 61.5 Å². The standard InChI is InChI=1S/C23H18Cl2N8O2S3/c1-10-29-30-21(37-10)28-16(35)9-36-23-32-31-22(38-23)33-14-6-3-7-15(34)18(14)17(12(8-26)20(33)27)11-4-2-5-13(24)19(11)25/h2,4-5,17H,3,6-7,9,27H2,1H3,(H,28,30,35). The molecule has 0 spiro atoms. The van der Waals surface area contributed by atoms with Crippen molar-refractivity contribution in [3.8, 4) is 6.07 Å². The molecule has 0 radical (unpaired) electrons.